The molecule has 1 aliphatic rings. The minimum Gasteiger partial charge on any atom is -0.456 e. The summed E-state index contributed by atoms with van der Waals surface area (Å²) in [6.07, 6.45) is 0. The Hall–Kier alpha value is -5.94. The van der Waals surface area contributed by atoms with Gasteiger partial charge in [0.05, 0.1) is 6.54 Å². The summed E-state index contributed by atoms with van der Waals surface area (Å²) < 4.78 is 12.4. The zero-order valence-corrected chi connectivity index (χ0v) is 26.1. The van der Waals surface area contributed by atoms with Crippen molar-refractivity contribution in [2.75, 3.05) is 0 Å². The molecular weight excluding hydrogens is 578 g/mol. The summed E-state index contributed by atoms with van der Waals surface area (Å²) in [4.78, 5) is 10.0. The van der Waals surface area contributed by atoms with E-state index < -0.39 is 0 Å². The molecule has 0 atom stereocenters. The standard InChI is InChI=1S/C42H31N3O2/c1-42(2)34-12-6-3-9-28(34)29-18-15-25(21-35(29)42)24-44-41(27-17-20-33-31-11-5-8-14-37(31)47-39(33)23-27)45-40(43)26-16-19-32-30-10-4-7-13-36(30)46-38(32)22-26/h3-23H,24H2,1-2H3,(H2,43,44,45). The number of nitrogens with two attached hydrogens (primary N) is 1. The first-order valence-corrected chi connectivity index (χ1v) is 15.9. The Morgan fingerprint density at radius 1 is 0.574 bits per heavy atom. The average Bonchev–Trinajstić information content (AvgIpc) is 3.73. The Morgan fingerprint density at radius 2 is 1.15 bits per heavy atom. The summed E-state index contributed by atoms with van der Waals surface area (Å²) in [7, 11) is 0. The summed E-state index contributed by atoms with van der Waals surface area (Å²) in [5.41, 5.74) is 17.9. The molecule has 5 nitrogen and oxygen atoms in total. The number of aliphatic imine (C=N–C) groups is 2. The van der Waals surface area contributed by atoms with Gasteiger partial charge in [0.2, 0.25) is 0 Å². The lowest BCUT2D eigenvalue weighted by Gasteiger charge is -2.21. The van der Waals surface area contributed by atoms with Crippen LogP contribution < -0.4 is 5.73 Å². The van der Waals surface area contributed by atoms with Crippen molar-refractivity contribution in [2.24, 2.45) is 15.7 Å². The molecule has 8 aromatic rings. The maximum Gasteiger partial charge on any atom is 0.157 e. The Kier molecular flexibility index (Phi) is 6.00. The highest BCUT2D eigenvalue weighted by Gasteiger charge is 2.35. The topological polar surface area (TPSA) is 77.0 Å². The highest BCUT2D eigenvalue weighted by molar-refractivity contribution is 6.14. The van der Waals surface area contributed by atoms with E-state index in [2.05, 4.69) is 74.5 Å². The molecule has 0 aliphatic heterocycles. The van der Waals surface area contributed by atoms with E-state index in [1.54, 1.807) is 0 Å². The van der Waals surface area contributed by atoms with Crippen molar-refractivity contribution >= 4 is 55.5 Å². The Labute approximate surface area is 271 Å². The van der Waals surface area contributed by atoms with E-state index in [1.807, 2.05) is 66.7 Å². The van der Waals surface area contributed by atoms with E-state index in [0.29, 0.717) is 18.2 Å². The smallest absolute Gasteiger partial charge is 0.157 e. The summed E-state index contributed by atoms with van der Waals surface area (Å²) in [6, 6.07) is 43.6. The molecule has 5 heteroatoms. The van der Waals surface area contributed by atoms with Gasteiger partial charge in [-0.15, -0.1) is 0 Å². The molecule has 226 valence electrons. The summed E-state index contributed by atoms with van der Waals surface area (Å²) >= 11 is 0. The SMILES string of the molecule is CC1(C)c2ccccc2-c2ccc(CN=C(N=C(N)c3ccc4c(c3)oc3ccccc34)c3ccc4c(c3)oc3ccccc34)cc21. The van der Waals surface area contributed by atoms with E-state index in [4.69, 9.17) is 24.6 Å². The van der Waals surface area contributed by atoms with Crippen molar-refractivity contribution in [1.29, 1.82) is 0 Å². The van der Waals surface area contributed by atoms with Gasteiger partial charge in [-0.1, -0.05) is 105 Å². The number of hydrogen-bond donors (Lipinski definition) is 1. The second-order valence-corrected chi connectivity index (χ2v) is 12.8. The third-order valence-corrected chi connectivity index (χ3v) is 9.60. The highest BCUT2D eigenvalue weighted by atomic mass is 16.3. The summed E-state index contributed by atoms with van der Waals surface area (Å²) in [5, 5.41) is 4.25. The molecule has 0 amide bonds. The van der Waals surface area contributed by atoms with Crippen LogP contribution in [0.15, 0.2) is 146 Å². The van der Waals surface area contributed by atoms with E-state index in [1.165, 1.54) is 22.3 Å². The number of hydrogen-bond acceptors (Lipinski definition) is 3. The van der Waals surface area contributed by atoms with Gasteiger partial charge in [-0.05, 0) is 64.2 Å². The van der Waals surface area contributed by atoms with Crippen molar-refractivity contribution < 1.29 is 8.83 Å². The van der Waals surface area contributed by atoms with Gasteiger partial charge in [0.15, 0.2) is 5.84 Å². The average molecular weight is 610 g/mol. The number of fused-ring (bicyclic) bond motifs is 9. The summed E-state index contributed by atoms with van der Waals surface area (Å²) in [5.74, 6) is 0.902. The minimum atomic E-state index is -0.0846. The van der Waals surface area contributed by atoms with Gasteiger partial charge in [-0.3, -0.25) is 4.99 Å². The third kappa shape index (κ3) is 4.38. The van der Waals surface area contributed by atoms with Crippen LogP contribution in [-0.2, 0) is 12.0 Å². The number of rotatable bonds is 4. The van der Waals surface area contributed by atoms with Crippen LogP contribution in [0.25, 0.3) is 55.0 Å². The first-order chi connectivity index (χ1) is 22.9. The minimum absolute atomic E-state index is 0.0846. The Bertz CT molecular complexity index is 2600. The van der Waals surface area contributed by atoms with Crippen molar-refractivity contribution in [2.45, 2.75) is 25.8 Å². The molecule has 6 aromatic carbocycles. The van der Waals surface area contributed by atoms with E-state index >= 15 is 0 Å². The lowest BCUT2D eigenvalue weighted by molar-refractivity contribution is 0.659. The molecule has 0 saturated heterocycles. The fourth-order valence-corrected chi connectivity index (χ4v) is 7.14. The van der Waals surface area contributed by atoms with Crippen LogP contribution in [0.4, 0.5) is 0 Å². The van der Waals surface area contributed by atoms with Gasteiger partial charge in [-0.25, -0.2) is 4.99 Å². The van der Waals surface area contributed by atoms with Crippen LogP contribution in [0.5, 0.6) is 0 Å². The molecule has 47 heavy (non-hydrogen) atoms. The molecular formula is C42H31N3O2. The van der Waals surface area contributed by atoms with E-state index in [-0.39, 0.29) is 5.41 Å². The first-order valence-electron chi connectivity index (χ1n) is 15.9. The maximum absolute atomic E-state index is 6.72. The maximum atomic E-state index is 6.72. The fourth-order valence-electron chi connectivity index (χ4n) is 7.14. The summed E-state index contributed by atoms with van der Waals surface area (Å²) in [6.45, 7) is 5.04. The number of nitrogens with zero attached hydrogens (tertiary/aromatic N) is 2. The van der Waals surface area contributed by atoms with Crippen molar-refractivity contribution in [1.82, 2.24) is 0 Å². The molecule has 2 N–H and O–H groups in total. The largest absolute Gasteiger partial charge is 0.456 e. The molecule has 0 unspecified atom stereocenters. The second kappa shape index (κ2) is 10.3. The Balaban J connectivity index is 1.14. The first kappa shape index (κ1) is 27.4. The van der Waals surface area contributed by atoms with Gasteiger partial charge in [0, 0.05) is 38.1 Å². The lowest BCUT2D eigenvalue weighted by Crippen LogP contribution is -2.16. The van der Waals surface area contributed by atoms with Gasteiger partial charge < -0.3 is 14.6 Å². The molecule has 2 heterocycles. The normalized spacial score (nSPS) is 14.3. The van der Waals surface area contributed by atoms with Crippen LogP contribution in [0.1, 0.15) is 41.7 Å². The van der Waals surface area contributed by atoms with Crippen molar-refractivity contribution in [3.05, 3.63) is 155 Å². The number of para-hydroxylation sites is 2. The van der Waals surface area contributed by atoms with Gasteiger partial charge >= 0.3 is 0 Å². The monoisotopic (exact) mass is 609 g/mol. The van der Waals surface area contributed by atoms with E-state index in [0.717, 1.165) is 60.6 Å². The number of benzene rings is 6. The molecule has 0 radical (unpaired) electrons. The van der Waals surface area contributed by atoms with Gasteiger partial charge in [-0.2, -0.15) is 0 Å². The molecule has 1 aliphatic carbocycles. The molecule has 0 saturated carbocycles. The number of furan rings is 2. The third-order valence-electron chi connectivity index (χ3n) is 9.60. The molecule has 0 fully saturated rings. The van der Waals surface area contributed by atoms with Crippen LogP contribution in [0.2, 0.25) is 0 Å². The second-order valence-electron chi connectivity index (χ2n) is 12.8. The zero-order valence-electron chi connectivity index (χ0n) is 26.1. The van der Waals surface area contributed by atoms with Crippen molar-refractivity contribution in [3.8, 4) is 11.1 Å². The van der Waals surface area contributed by atoms with E-state index in [9.17, 15) is 0 Å². The highest BCUT2D eigenvalue weighted by Crippen LogP contribution is 2.48. The van der Waals surface area contributed by atoms with Gasteiger partial charge in [0.25, 0.3) is 0 Å². The molecule has 2 aromatic heterocycles. The quantitative estimate of drug-likeness (QED) is 0.159. The fraction of sp³-hybridized carbons (Fsp3) is 0.0952. The Morgan fingerprint density at radius 3 is 1.87 bits per heavy atom. The number of amidine groups is 2. The van der Waals surface area contributed by atoms with Crippen LogP contribution in [0, 0.1) is 0 Å². The molecule has 9 rings (SSSR count). The predicted octanol–water partition coefficient (Wildman–Crippen LogP) is 10.1. The van der Waals surface area contributed by atoms with Crippen LogP contribution in [-0.4, -0.2) is 11.7 Å². The van der Waals surface area contributed by atoms with Crippen LogP contribution >= 0.6 is 0 Å². The van der Waals surface area contributed by atoms with Crippen LogP contribution in [0.3, 0.4) is 0 Å². The zero-order chi connectivity index (χ0) is 31.7. The molecule has 0 spiro atoms. The predicted molar refractivity (Wildman–Crippen MR) is 192 cm³/mol. The van der Waals surface area contributed by atoms with Gasteiger partial charge in [0.1, 0.15) is 28.2 Å². The van der Waals surface area contributed by atoms with Crippen molar-refractivity contribution in [3.63, 3.8) is 0 Å². The lowest BCUT2D eigenvalue weighted by atomic mass is 9.82. The molecule has 0 bridgehead atoms.